The van der Waals surface area contributed by atoms with Crippen molar-refractivity contribution in [2.75, 3.05) is 20.1 Å². The van der Waals surface area contributed by atoms with Gasteiger partial charge < -0.3 is 15.4 Å². The summed E-state index contributed by atoms with van der Waals surface area (Å²) < 4.78 is 5.62. The standard InChI is InChI=1S/C16H25N3O/c1-5-11-18-16(17-4)19-12-10-14-6-8-15(9-7-14)20-13(2)3/h5-9,13H,1,10-12H2,2-4H3,(H2,17,18,19). The van der Waals surface area contributed by atoms with E-state index in [9.17, 15) is 0 Å². The number of rotatable bonds is 7. The summed E-state index contributed by atoms with van der Waals surface area (Å²) in [5, 5.41) is 6.40. The van der Waals surface area contributed by atoms with E-state index < -0.39 is 0 Å². The average Bonchev–Trinajstić information content (AvgIpc) is 2.44. The van der Waals surface area contributed by atoms with Gasteiger partial charge in [0.25, 0.3) is 0 Å². The van der Waals surface area contributed by atoms with Crippen LogP contribution in [0.2, 0.25) is 0 Å². The molecule has 0 radical (unpaired) electrons. The quantitative estimate of drug-likeness (QED) is 0.456. The highest BCUT2D eigenvalue weighted by molar-refractivity contribution is 5.79. The van der Waals surface area contributed by atoms with E-state index in [1.807, 2.05) is 26.0 Å². The lowest BCUT2D eigenvalue weighted by molar-refractivity contribution is 0.242. The number of hydrogen-bond donors (Lipinski definition) is 2. The predicted molar refractivity (Wildman–Crippen MR) is 85.5 cm³/mol. The van der Waals surface area contributed by atoms with Crippen LogP contribution < -0.4 is 15.4 Å². The van der Waals surface area contributed by atoms with Gasteiger partial charge in [0.15, 0.2) is 5.96 Å². The van der Waals surface area contributed by atoms with Crippen LogP contribution in [0.5, 0.6) is 5.75 Å². The molecule has 0 saturated heterocycles. The van der Waals surface area contributed by atoms with Crippen molar-refractivity contribution in [1.82, 2.24) is 10.6 Å². The van der Waals surface area contributed by atoms with Gasteiger partial charge in [-0.25, -0.2) is 0 Å². The molecule has 0 atom stereocenters. The van der Waals surface area contributed by atoms with E-state index >= 15 is 0 Å². The van der Waals surface area contributed by atoms with Gasteiger partial charge in [-0.05, 0) is 38.0 Å². The Morgan fingerprint density at radius 2 is 2.00 bits per heavy atom. The maximum atomic E-state index is 5.62. The van der Waals surface area contributed by atoms with Crippen LogP contribution in [-0.2, 0) is 6.42 Å². The number of aliphatic imine (C=N–C) groups is 1. The third kappa shape index (κ3) is 6.27. The van der Waals surface area contributed by atoms with Gasteiger partial charge in [-0.3, -0.25) is 4.99 Å². The van der Waals surface area contributed by atoms with Gasteiger partial charge in [-0.2, -0.15) is 0 Å². The molecule has 0 spiro atoms. The second-order valence-electron chi connectivity index (χ2n) is 4.73. The molecular formula is C16H25N3O. The summed E-state index contributed by atoms with van der Waals surface area (Å²) in [6.45, 7) is 9.26. The first kappa shape index (κ1) is 16.1. The van der Waals surface area contributed by atoms with Crippen LogP contribution in [0.25, 0.3) is 0 Å². The summed E-state index contributed by atoms with van der Waals surface area (Å²) in [5.41, 5.74) is 1.27. The zero-order valence-corrected chi connectivity index (χ0v) is 12.6. The molecule has 0 saturated carbocycles. The second-order valence-corrected chi connectivity index (χ2v) is 4.73. The molecular weight excluding hydrogens is 250 g/mol. The Labute approximate surface area is 121 Å². The third-order valence-corrected chi connectivity index (χ3v) is 2.64. The van der Waals surface area contributed by atoms with E-state index in [2.05, 4.69) is 34.3 Å². The summed E-state index contributed by atoms with van der Waals surface area (Å²) in [6.07, 6.45) is 2.96. The second kappa shape index (κ2) is 9.02. The van der Waals surface area contributed by atoms with Crippen molar-refractivity contribution in [3.63, 3.8) is 0 Å². The molecule has 4 heteroatoms. The fourth-order valence-corrected chi connectivity index (χ4v) is 1.72. The van der Waals surface area contributed by atoms with Crippen LogP contribution in [0.15, 0.2) is 41.9 Å². The molecule has 110 valence electrons. The number of guanidine groups is 1. The van der Waals surface area contributed by atoms with Crippen molar-refractivity contribution in [1.29, 1.82) is 0 Å². The predicted octanol–water partition coefficient (Wildman–Crippen LogP) is 2.37. The summed E-state index contributed by atoms with van der Waals surface area (Å²) in [4.78, 5) is 4.13. The van der Waals surface area contributed by atoms with Crippen molar-refractivity contribution in [3.8, 4) is 5.75 Å². The van der Waals surface area contributed by atoms with Crippen molar-refractivity contribution >= 4 is 5.96 Å². The molecule has 2 N–H and O–H groups in total. The van der Waals surface area contributed by atoms with Crippen LogP contribution >= 0.6 is 0 Å². The van der Waals surface area contributed by atoms with Gasteiger partial charge in [0, 0.05) is 20.1 Å². The minimum atomic E-state index is 0.210. The lowest BCUT2D eigenvalue weighted by Crippen LogP contribution is -2.38. The number of benzene rings is 1. The molecule has 0 bridgehead atoms. The summed E-state index contributed by atoms with van der Waals surface area (Å²) in [6, 6.07) is 8.22. The monoisotopic (exact) mass is 275 g/mol. The SMILES string of the molecule is C=CCNC(=NC)NCCc1ccc(OC(C)C)cc1. The number of ether oxygens (including phenoxy) is 1. The molecule has 1 aromatic rings. The third-order valence-electron chi connectivity index (χ3n) is 2.64. The average molecular weight is 275 g/mol. The minimum absolute atomic E-state index is 0.210. The Bertz CT molecular complexity index is 424. The lowest BCUT2D eigenvalue weighted by Gasteiger charge is -2.11. The molecule has 0 amide bonds. The van der Waals surface area contributed by atoms with E-state index in [1.165, 1.54) is 5.56 Å². The van der Waals surface area contributed by atoms with Crippen LogP contribution in [0, 0.1) is 0 Å². The summed E-state index contributed by atoms with van der Waals surface area (Å²) in [5.74, 6) is 1.71. The van der Waals surface area contributed by atoms with E-state index in [0.717, 1.165) is 24.7 Å². The Morgan fingerprint density at radius 1 is 1.30 bits per heavy atom. The Kier molecular flexibility index (Phi) is 7.25. The molecule has 0 unspecified atom stereocenters. The van der Waals surface area contributed by atoms with Crippen LogP contribution in [0.1, 0.15) is 19.4 Å². The van der Waals surface area contributed by atoms with E-state index in [4.69, 9.17) is 4.74 Å². The van der Waals surface area contributed by atoms with Gasteiger partial charge in [0.2, 0.25) is 0 Å². The smallest absolute Gasteiger partial charge is 0.191 e. The molecule has 1 aromatic carbocycles. The molecule has 0 aliphatic heterocycles. The van der Waals surface area contributed by atoms with Crippen molar-refractivity contribution in [2.24, 2.45) is 4.99 Å². The van der Waals surface area contributed by atoms with Gasteiger partial charge >= 0.3 is 0 Å². The molecule has 20 heavy (non-hydrogen) atoms. The Morgan fingerprint density at radius 3 is 2.55 bits per heavy atom. The largest absolute Gasteiger partial charge is 0.491 e. The highest BCUT2D eigenvalue weighted by Gasteiger charge is 1.99. The molecule has 0 aromatic heterocycles. The van der Waals surface area contributed by atoms with Gasteiger partial charge in [-0.15, -0.1) is 6.58 Å². The lowest BCUT2D eigenvalue weighted by atomic mass is 10.1. The van der Waals surface area contributed by atoms with E-state index in [-0.39, 0.29) is 6.10 Å². The number of nitrogens with one attached hydrogen (secondary N) is 2. The highest BCUT2D eigenvalue weighted by Crippen LogP contribution is 2.13. The molecule has 0 fully saturated rings. The topological polar surface area (TPSA) is 45.7 Å². The van der Waals surface area contributed by atoms with Crippen LogP contribution in [-0.4, -0.2) is 32.2 Å². The van der Waals surface area contributed by atoms with Crippen molar-refractivity contribution in [3.05, 3.63) is 42.5 Å². The fraction of sp³-hybridized carbons (Fsp3) is 0.438. The zero-order valence-electron chi connectivity index (χ0n) is 12.6. The minimum Gasteiger partial charge on any atom is -0.491 e. The first-order chi connectivity index (χ1) is 9.65. The molecule has 0 aliphatic rings. The van der Waals surface area contributed by atoms with Gasteiger partial charge in [0.05, 0.1) is 6.10 Å². The summed E-state index contributed by atoms with van der Waals surface area (Å²) >= 11 is 0. The molecule has 1 rings (SSSR count). The molecule has 4 nitrogen and oxygen atoms in total. The number of nitrogens with zero attached hydrogens (tertiary/aromatic N) is 1. The Balaban J connectivity index is 2.36. The van der Waals surface area contributed by atoms with Crippen molar-refractivity contribution in [2.45, 2.75) is 26.4 Å². The first-order valence-corrected chi connectivity index (χ1v) is 6.96. The van der Waals surface area contributed by atoms with Gasteiger partial charge in [-0.1, -0.05) is 18.2 Å². The maximum Gasteiger partial charge on any atom is 0.191 e. The molecule has 0 aliphatic carbocycles. The first-order valence-electron chi connectivity index (χ1n) is 6.96. The van der Waals surface area contributed by atoms with Crippen LogP contribution in [0.3, 0.4) is 0 Å². The number of hydrogen-bond acceptors (Lipinski definition) is 2. The Hall–Kier alpha value is -1.97. The molecule has 0 heterocycles. The van der Waals surface area contributed by atoms with Gasteiger partial charge in [0.1, 0.15) is 5.75 Å². The zero-order chi connectivity index (χ0) is 14.8. The van der Waals surface area contributed by atoms with Crippen LogP contribution in [0.4, 0.5) is 0 Å². The van der Waals surface area contributed by atoms with E-state index in [1.54, 1.807) is 13.1 Å². The summed E-state index contributed by atoms with van der Waals surface area (Å²) in [7, 11) is 1.76. The highest BCUT2D eigenvalue weighted by atomic mass is 16.5. The maximum absolute atomic E-state index is 5.62. The fourth-order valence-electron chi connectivity index (χ4n) is 1.72. The normalized spacial score (nSPS) is 11.3. The van der Waals surface area contributed by atoms with Crippen molar-refractivity contribution < 1.29 is 4.74 Å². The van der Waals surface area contributed by atoms with E-state index in [0.29, 0.717) is 6.54 Å².